The van der Waals surface area contributed by atoms with E-state index in [2.05, 4.69) is 9.71 Å². The lowest BCUT2D eigenvalue weighted by Crippen LogP contribution is -2.21. The molecule has 3 aromatic rings. The summed E-state index contributed by atoms with van der Waals surface area (Å²) < 4.78 is 34.6. The van der Waals surface area contributed by atoms with Gasteiger partial charge in [-0.25, -0.2) is 13.4 Å². The Labute approximate surface area is 197 Å². The number of aliphatic carboxylic acids is 1. The highest BCUT2D eigenvalue weighted by atomic mass is 32.2. The first-order valence-electron chi connectivity index (χ1n) is 10.5. The number of benzene rings is 2. The lowest BCUT2D eigenvalue weighted by molar-refractivity contribution is -0.137. The molecule has 1 aromatic heterocycles. The Kier molecular flexibility index (Phi) is 7.74. The molecule has 5 N–H and O–H groups in total. The summed E-state index contributed by atoms with van der Waals surface area (Å²) in [5.74, 6) is -0.238. The van der Waals surface area contributed by atoms with E-state index in [1.54, 1.807) is 42.5 Å². The van der Waals surface area contributed by atoms with E-state index < -0.39 is 16.0 Å². The van der Waals surface area contributed by atoms with Crippen molar-refractivity contribution in [2.45, 2.75) is 19.6 Å². The molecule has 2 aromatic carbocycles. The third-order valence-electron chi connectivity index (χ3n) is 4.95. The Morgan fingerprint density at radius 1 is 1.24 bits per heavy atom. The van der Waals surface area contributed by atoms with Gasteiger partial charge in [-0.15, -0.1) is 0 Å². The Morgan fingerprint density at radius 3 is 2.56 bits per heavy atom. The zero-order valence-corrected chi connectivity index (χ0v) is 19.8. The number of fused-ring (bicyclic) bond motifs is 1. The van der Waals surface area contributed by atoms with Gasteiger partial charge in [-0.2, -0.15) is 0 Å². The molecule has 0 radical (unpaired) electrons. The van der Waals surface area contributed by atoms with Gasteiger partial charge in [-0.3, -0.25) is 14.9 Å². The molecule has 0 atom stereocenters. The molecular formula is C22H28N6O5S. The Hall–Kier alpha value is -3.64. The molecule has 0 aliphatic rings. The number of imidazole rings is 1. The zero-order valence-electron chi connectivity index (χ0n) is 19.0. The largest absolute Gasteiger partial charge is 0.486 e. The van der Waals surface area contributed by atoms with Crippen molar-refractivity contribution in [2.24, 2.45) is 5.73 Å². The summed E-state index contributed by atoms with van der Waals surface area (Å²) in [4.78, 5) is 17.8. The van der Waals surface area contributed by atoms with Crippen molar-refractivity contribution in [3.05, 3.63) is 53.9 Å². The van der Waals surface area contributed by atoms with Crippen molar-refractivity contribution in [1.82, 2.24) is 14.5 Å². The quantitative estimate of drug-likeness (QED) is 0.221. The molecule has 0 amide bonds. The molecule has 0 saturated carbocycles. The molecule has 182 valence electrons. The normalized spacial score (nSPS) is 11.6. The number of hydrogen-bond donors (Lipinski definition) is 4. The van der Waals surface area contributed by atoms with Crippen molar-refractivity contribution in [3.63, 3.8) is 0 Å². The number of anilines is 1. The summed E-state index contributed by atoms with van der Waals surface area (Å²) in [6.07, 6.45) is 0.493. The van der Waals surface area contributed by atoms with Crippen LogP contribution in [0.4, 0.5) is 5.69 Å². The number of nitrogens with zero attached hydrogens (tertiary/aromatic N) is 3. The molecule has 3 rings (SSSR count). The number of carbonyl (C=O) groups is 1. The van der Waals surface area contributed by atoms with Crippen LogP contribution in [0.3, 0.4) is 0 Å². The van der Waals surface area contributed by atoms with E-state index in [9.17, 15) is 18.3 Å². The van der Waals surface area contributed by atoms with E-state index in [-0.39, 0.29) is 24.7 Å². The van der Waals surface area contributed by atoms with Crippen LogP contribution in [0.15, 0.2) is 42.5 Å². The van der Waals surface area contributed by atoms with Crippen molar-refractivity contribution in [1.29, 1.82) is 5.41 Å². The number of rotatable bonds is 12. The molecule has 0 spiro atoms. The van der Waals surface area contributed by atoms with Gasteiger partial charge in [-0.05, 0) is 69.5 Å². The van der Waals surface area contributed by atoms with E-state index in [1.807, 2.05) is 19.0 Å². The van der Waals surface area contributed by atoms with Crippen LogP contribution < -0.4 is 15.2 Å². The number of carboxylic acid groups (broad SMARTS) is 1. The van der Waals surface area contributed by atoms with Crippen molar-refractivity contribution < 1.29 is 23.1 Å². The standard InChI is InChI=1S/C22H28N6O5S/c1-27(2)10-3-11-34(31,32)26-16-6-9-19-18(12-16)25-20(28(19)13-21(29)30)14-33-17-7-4-15(5-8-17)22(23)24/h4-9,12,26H,3,10-11,13-14H2,1-2H3,(H3,23,24)(H,29,30). The number of nitrogens with one attached hydrogen (secondary N) is 2. The van der Waals surface area contributed by atoms with E-state index in [4.69, 9.17) is 15.9 Å². The number of nitrogen functional groups attached to an aromatic ring is 1. The maximum atomic E-state index is 12.4. The van der Waals surface area contributed by atoms with Gasteiger partial charge >= 0.3 is 5.97 Å². The summed E-state index contributed by atoms with van der Waals surface area (Å²) in [7, 11) is 0.226. The highest BCUT2D eigenvalue weighted by molar-refractivity contribution is 7.92. The second-order valence-electron chi connectivity index (χ2n) is 8.02. The summed E-state index contributed by atoms with van der Waals surface area (Å²) >= 11 is 0. The predicted molar refractivity (Wildman–Crippen MR) is 130 cm³/mol. The van der Waals surface area contributed by atoms with Crippen molar-refractivity contribution >= 4 is 38.5 Å². The number of sulfonamides is 1. The SMILES string of the molecule is CN(C)CCCS(=O)(=O)Nc1ccc2c(c1)nc(COc1ccc(C(=N)N)cc1)n2CC(=O)O. The molecular weight excluding hydrogens is 460 g/mol. The first kappa shape index (κ1) is 25.0. The van der Waals surface area contributed by atoms with Crippen LogP contribution in [0.25, 0.3) is 11.0 Å². The zero-order chi connectivity index (χ0) is 24.9. The minimum atomic E-state index is -3.53. The van der Waals surface area contributed by atoms with Gasteiger partial charge in [0.1, 0.15) is 30.6 Å². The van der Waals surface area contributed by atoms with Crippen LogP contribution in [0.2, 0.25) is 0 Å². The molecule has 11 nitrogen and oxygen atoms in total. The second kappa shape index (κ2) is 10.5. The van der Waals surface area contributed by atoms with Crippen molar-refractivity contribution in [3.8, 4) is 5.75 Å². The van der Waals surface area contributed by atoms with Crippen LogP contribution >= 0.6 is 0 Å². The number of aromatic nitrogens is 2. The molecule has 0 aliphatic heterocycles. The number of carboxylic acids is 1. The third kappa shape index (κ3) is 6.68. The Morgan fingerprint density at radius 2 is 1.94 bits per heavy atom. The average molecular weight is 489 g/mol. The molecule has 34 heavy (non-hydrogen) atoms. The monoisotopic (exact) mass is 488 g/mol. The van der Waals surface area contributed by atoms with Crippen LogP contribution in [0.5, 0.6) is 5.75 Å². The van der Waals surface area contributed by atoms with Gasteiger partial charge in [0.2, 0.25) is 10.0 Å². The molecule has 0 unspecified atom stereocenters. The van der Waals surface area contributed by atoms with Gasteiger partial charge in [0.15, 0.2) is 0 Å². The molecule has 0 saturated heterocycles. The number of hydrogen-bond acceptors (Lipinski definition) is 7. The van der Waals surface area contributed by atoms with E-state index in [0.717, 1.165) is 0 Å². The molecule has 12 heteroatoms. The van der Waals surface area contributed by atoms with Gasteiger partial charge in [0.05, 0.1) is 22.5 Å². The van der Waals surface area contributed by atoms with Crippen LogP contribution in [0, 0.1) is 5.41 Å². The lowest BCUT2D eigenvalue weighted by Gasteiger charge is -2.11. The Balaban J connectivity index is 1.81. The van der Waals surface area contributed by atoms with Gasteiger partial charge in [0.25, 0.3) is 0 Å². The number of nitrogens with two attached hydrogens (primary N) is 1. The number of amidine groups is 1. The summed E-state index contributed by atoms with van der Waals surface area (Å²) in [5.41, 5.74) is 7.35. The topological polar surface area (TPSA) is 164 Å². The minimum absolute atomic E-state index is 0.00697. The fourth-order valence-corrected chi connectivity index (χ4v) is 4.44. The maximum Gasteiger partial charge on any atom is 0.323 e. The first-order valence-corrected chi connectivity index (χ1v) is 12.1. The van der Waals surface area contributed by atoms with Gasteiger partial charge in [-0.1, -0.05) is 0 Å². The lowest BCUT2D eigenvalue weighted by atomic mass is 10.2. The third-order valence-corrected chi connectivity index (χ3v) is 6.32. The van der Waals surface area contributed by atoms with Crippen molar-refractivity contribution in [2.75, 3.05) is 31.1 Å². The predicted octanol–water partition coefficient (Wildman–Crippen LogP) is 1.68. The molecule has 0 aliphatic carbocycles. The van der Waals surface area contributed by atoms with E-state index in [0.29, 0.717) is 46.8 Å². The second-order valence-corrected chi connectivity index (χ2v) is 9.86. The van der Waals surface area contributed by atoms with E-state index >= 15 is 0 Å². The molecule has 0 bridgehead atoms. The van der Waals surface area contributed by atoms with Crippen LogP contribution in [-0.2, 0) is 28.0 Å². The summed E-state index contributed by atoms with van der Waals surface area (Å²) in [6.45, 7) is 0.321. The smallest absolute Gasteiger partial charge is 0.323 e. The van der Waals surface area contributed by atoms with Crippen LogP contribution in [-0.4, -0.2) is 66.2 Å². The summed E-state index contributed by atoms with van der Waals surface area (Å²) in [5, 5.41) is 16.8. The fourth-order valence-electron chi connectivity index (χ4n) is 3.35. The van der Waals surface area contributed by atoms with Gasteiger partial charge < -0.3 is 25.0 Å². The highest BCUT2D eigenvalue weighted by Gasteiger charge is 2.16. The average Bonchev–Trinajstić information content (AvgIpc) is 3.07. The first-order chi connectivity index (χ1) is 16.0. The van der Waals surface area contributed by atoms with Gasteiger partial charge in [0, 0.05) is 5.56 Å². The summed E-state index contributed by atoms with van der Waals surface area (Å²) in [6, 6.07) is 11.4. The highest BCUT2D eigenvalue weighted by Crippen LogP contribution is 2.23. The number of ether oxygens (including phenoxy) is 1. The van der Waals surface area contributed by atoms with Crippen LogP contribution in [0.1, 0.15) is 17.8 Å². The minimum Gasteiger partial charge on any atom is -0.486 e. The molecule has 0 fully saturated rings. The Bertz CT molecular complexity index is 1290. The maximum absolute atomic E-state index is 12.4. The molecule has 1 heterocycles. The van der Waals surface area contributed by atoms with E-state index in [1.165, 1.54) is 4.57 Å². The fraction of sp³-hybridized carbons (Fsp3) is 0.318.